The van der Waals surface area contributed by atoms with Crippen LogP contribution in [0.25, 0.3) is 10.8 Å². The number of hydrogen-bond acceptors (Lipinski definition) is 1. The first-order valence-corrected chi connectivity index (χ1v) is 8.63. The Morgan fingerprint density at radius 1 is 0.560 bits per heavy atom. The molecule has 1 nitrogen and oxygen atoms in total. The molecule has 0 radical (unpaired) electrons. The maximum Gasteiger partial charge on any atom is 0.0540 e. The predicted octanol–water partition coefficient (Wildman–Crippen LogP) is 6.93. The molecule has 0 saturated heterocycles. The van der Waals surface area contributed by atoms with Gasteiger partial charge in [0, 0.05) is 16.8 Å². The van der Waals surface area contributed by atoms with E-state index in [9.17, 15) is 0 Å². The van der Waals surface area contributed by atoms with Gasteiger partial charge >= 0.3 is 0 Å². The summed E-state index contributed by atoms with van der Waals surface area (Å²) in [7, 11) is 0. The average molecular weight is 323 g/mol. The van der Waals surface area contributed by atoms with Gasteiger partial charge in [-0.15, -0.1) is 0 Å². The van der Waals surface area contributed by atoms with Gasteiger partial charge in [-0.2, -0.15) is 0 Å². The number of rotatable bonds is 3. The van der Waals surface area contributed by atoms with Crippen LogP contribution >= 0.6 is 0 Å². The number of fused-ring (bicyclic) bond motifs is 1. The van der Waals surface area contributed by atoms with Crippen molar-refractivity contribution in [2.24, 2.45) is 0 Å². The number of nitrogens with zero attached hydrogens (tertiary/aromatic N) is 1. The molecular formula is C24H21N. The molecule has 0 amide bonds. The Labute approximate surface area is 149 Å². The quantitative estimate of drug-likeness (QED) is 0.395. The monoisotopic (exact) mass is 323 g/mol. The van der Waals surface area contributed by atoms with Gasteiger partial charge in [0.1, 0.15) is 0 Å². The summed E-state index contributed by atoms with van der Waals surface area (Å²) in [5.41, 5.74) is 6.09. The first-order valence-electron chi connectivity index (χ1n) is 8.63. The summed E-state index contributed by atoms with van der Waals surface area (Å²) in [5, 5.41) is 2.51. The SMILES string of the molecule is Cc1cccc(N(c2cccc(C)c2)c2cccc3ccccc23)c1. The molecule has 0 aliphatic heterocycles. The Kier molecular flexibility index (Phi) is 3.99. The van der Waals surface area contributed by atoms with E-state index in [4.69, 9.17) is 0 Å². The van der Waals surface area contributed by atoms with Crippen LogP contribution in [0.1, 0.15) is 11.1 Å². The molecule has 0 unspecified atom stereocenters. The van der Waals surface area contributed by atoms with Gasteiger partial charge in [-0.25, -0.2) is 0 Å². The molecular weight excluding hydrogens is 302 g/mol. The fourth-order valence-corrected chi connectivity index (χ4v) is 3.36. The Bertz CT molecular complexity index is 982. The molecule has 0 atom stereocenters. The number of anilines is 3. The lowest BCUT2D eigenvalue weighted by Gasteiger charge is -2.27. The highest BCUT2D eigenvalue weighted by Crippen LogP contribution is 2.39. The summed E-state index contributed by atoms with van der Waals surface area (Å²) < 4.78 is 0. The van der Waals surface area contributed by atoms with E-state index in [1.165, 1.54) is 39.0 Å². The van der Waals surface area contributed by atoms with Crippen molar-refractivity contribution in [3.05, 3.63) is 102 Å². The first kappa shape index (κ1) is 15.5. The smallest absolute Gasteiger partial charge is 0.0540 e. The van der Waals surface area contributed by atoms with Crippen LogP contribution in [0.5, 0.6) is 0 Å². The largest absolute Gasteiger partial charge is 0.310 e. The van der Waals surface area contributed by atoms with Gasteiger partial charge in [-0.1, -0.05) is 60.7 Å². The van der Waals surface area contributed by atoms with Crippen molar-refractivity contribution in [2.75, 3.05) is 4.90 Å². The summed E-state index contributed by atoms with van der Waals surface area (Å²) in [6.07, 6.45) is 0. The van der Waals surface area contributed by atoms with Crippen molar-refractivity contribution in [1.29, 1.82) is 0 Å². The number of hydrogen-bond donors (Lipinski definition) is 0. The molecule has 0 aliphatic carbocycles. The Hall–Kier alpha value is -3.06. The molecule has 0 aromatic heterocycles. The molecule has 4 aromatic carbocycles. The van der Waals surface area contributed by atoms with E-state index >= 15 is 0 Å². The minimum absolute atomic E-state index is 1.18. The molecule has 0 heterocycles. The molecule has 25 heavy (non-hydrogen) atoms. The Morgan fingerprint density at radius 2 is 1.12 bits per heavy atom. The second-order valence-corrected chi connectivity index (χ2v) is 6.51. The van der Waals surface area contributed by atoms with E-state index in [-0.39, 0.29) is 0 Å². The van der Waals surface area contributed by atoms with Crippen LogP contribution in [-0.2, 0) is 0 Å². The first-order chi connectivity index (χ1) is 12.2. The standard InChI is InChI=1S/C24H21N/c1-18-8-5-12-21(16-18)25(22-13-6-9-19(2)17-22)24-15-7-11-20-10-3-4-14-23(20)24/h3-17H,1-2H3. The highest BCUT2D eigenvalue weighted by molar-refractivity contribution is 5.98. The zero-order chi connectivity index (χ0) is 17.2. The van der Waals surface area contributed by atoms with Gasteiger partial charge in [0.25, 0.3) is 0 Å². The van der Waals surface area contributed by atoms with Crippen LogP contribution in [0.15, 0.2) is 91.0 Å². The van der Waals surface area contributed by atoms with Crippen molar-refractivity contribution in [3.8, 4) is 0 Å². The van der Waals surface area contributed by atoms with E-state index in [0.29, 0.717) is 0 Å². The summed E-state index contributed by atoms with van der Waals surface area (Å²) in [4.78, 5) is 2.35. The molecule has 4 aromatic rings. The molecule has 0 N–H and O–H groups in total. The normalized spacial score (nSPS) is 10.8. The Morgan fingerprint density at radius 3 is 1.76 bits per heavy atom. The fourth-order valence-electron chi connectivity index (χ4n) is 3.36. The second-order valence-electron chi connectivity index (χ2n) is 6.51. The van der Waals surface area contributed by atoms with E-state index in [2.05, 4.69) is 110 Å². The zero-order valence-electron chi connectivity index (χ0n) is 14.6. The summed E-state index contributed by atoms with van der Waals surface area (Å²) in [6, 6.07) is 32.4. The van der Waals surface area contributed by atoms with Gasteiger partial charge in [-0.3, -0.25) is 0 Å². The fraction of sp³-hybridized carbons (Fsp3) is 0.0833. The van der Waals surface area contributed by atoms with Crippen LogP contribution in [0.3, 0.4) is 0 Å². The van der Waals surface area contributed by atoms with Crippen molar-refractivity contribution in [3.63, 3.8) is 0 Å². The third-order valence-corrected chi connectivity index (χ3v) is 4.53. The van der Waals surface area contributed by atoms with Crippen molar-refractivity contribution >= 4 is 27.8 Å². The lowest BCUT2D eigenvalue weighted by molar-refractivity contribution is 1.27. The topological polar surface area (TPSA) is 3.24 Å². The van der Waals surface area contributed by atoms with Crippen LogP contribution in [0.2, 0.25) is 0 Å². The predicted molar refractivity (Wildman–Crippen MR) is 108 cm³/mol. The maximum atomic E-state index is 2.35. The molecule has 1 heteroatoms. The van der Waals surface area contributed by atoms with Crippen LogP contribution in [0, 0.1) is 13.8 Å². The van der Waals surface area contributed by atoms with E-state index < -0.39 is 0 Å². The van der Waals surface area contributed by atoms with Crippen molar-refractivity contribution in [2.45, 2.75) is 13.8 Å². The van der Waals surface area contributed by atoms with Crippen molar-refractivity contribution in [1.82, 2.24) is 0 Å². The zero-order valence-corrected chi connectivity index (χ0v) is 14.6. The molecule has 4 rings (SSSR count). The molecule has 122 valence electrons. The third-order valence-electron chi connectivity index (χ3n) is 4.53. The molecule has 0 aliphatic rings. The molecule has 0 saturated carbocycles. The third kappa shape index (κ3) is 3.01. The molecule has 0 bridgehead atoms. The highest BCUT2D eigenvalue weighted by atomic mass is 15.1. The number of benzene rings is 4. The van der Waals surface area contributed by atoms with Crippen molar-refractivity contribution < 1.29 is 0 Å². The van der Waals surface area contributed by atoms with E-state index in [0.717, 1.165) is 0 Å². The highest BCUT2D eigenvalue weighted by Gasteiger charge is 2.15. The summed E-state index contributed by atoms with van der Waals surface area (Å²) >= 11 is 0. The minimum Gasteiger partial charge on any atom is -0.310 e. The van der Waals surface area contributed by atoms with Gasteiger partial charge < -0.3 is 4.90 Å². The minimum atomic E-state index is 1.18. The summed E-state index contributed by atoms with van der Waals surface area (Å²) in [6.45, 7) is 4.28. The summed E-state index contributed by atoms with van der Waals surface area (Å²) in [5.74, 6) is 0. The number of aryl methyl sites for hydroxylation is 2. The van der Waals surface area contributed by atoms with E-state index in [1.54, 1.807) is 0 Å². The van der Waals surface area contributed by atoms with Crippen LogP contribution in [0.4, 0.5) is 17.1 Å². The molecule has 0 fully saturated rings. The van der Waals surface area contributed by atoms with Crippen LogP contribution in [-0.4, -0.2) is 0 Å². The van der Waals surface area contributed by atoms with Gasteiger partial charge in [0.15, 0.2) is 0 Å². The molecule has 0 spiro atoms. The Balaban J connectivity index is 2.00. The lowest BCUT2D eigenvalue weighted by atomic mass is 10.1. The lowest BCUT2D eigenvalue weighted by Crippen LogP contribution is -2.10. The van der Waals surface area contributed by atoms with Crippen LogP contribution < -0.4 is 4.90 Å². The van der Waals surface area contributed by atoms with Gasteiger partial charge in [0.2, 0.25) is 0 Å². The average Bonchev–Trinajstić information content (AvgIpc) is 2.62. The van der Waals surface area contributed by atoms with Gasteiger partial charge in [0.05, 0.1) is 5.69 Å². The van der Waals surface area contributed by atoms with E-state index in [1.807, 2.05) is 0 Å². The maximum absolute atomic E-state index is 2.35. The van der Waals surface area contributed by atoms with Gasteiger partial charge in [-0.05, 0) is 60.7 Å². The second kappa shape index (κ2) is 6.45.